The lowest BCUT2D eigenvalue weighted by molar-refractivity contribution is 0.670. The van der Waals surface area contributed by atoms with Gasteiger partial charge in [-0.3, -0.25) is 0 Å². The minimum Gasteiger partial charge on any atom is -0.455 e. The van der Waals surface area contributed by atoms with E-state index in [2.05, 4.69) is 152 Å². The zero-order valence-corrected chi connectivity index (χ0v) is 24.4. The third-order valence-corrected chi connectivity index (χ3v) is 9.61. The summed E-state index contributed by atoms with van der Waals surface area (Å²) in [5.74, 6) is 0. The lowest BCUT2D eigenvalue weighted by Gasteiger charge is -2.16. The molecule has 0 fully saturated rings. The average Bonchev–Trinajstić information content (AvgIpc) is 3.49. The minimum atomic E-state index is 0.925. The molecular formula is C44H26O. The lowest BCUT2D eigenvalue weighted by atomic mass is 9.87. The zero-order chi connectivity index (χ0) is 29.5. The van der Waals surface area contributed by atoms with Crippen LogP contribution in [0.4, 0.5) is 0 Å². The summed E-state index contributed by atoms with van der Waals surface area (Å²) >= 11 is 0. The molecule has 0 saturated carbocycles. The standard InChI is InChI=1S/C44H26O/c1-2-9-27(10-3-1)32-12-6-15-35-33(13-7-14-34(32)35)31-25-29-20-19-28-21-23-36(38-24-22-30(26-31)42(29)43(28)38)39-16-8-17-40-37-11-4-5-18-41(37)45-44(39)40/h1-26H. The van der Waals surface area contributed by atoms with E-state index in [1.807, 2.05) is 6.07 Å². The number of rotatable bonds is 3. The molecule has 0 aliphatic rings. The molecule has 0 radical (unpaired) electrons. The van der Waals surface area contributed by atoms with Crippen LogP contribution in [0, 0.1) is 0 Å². The molecule has 10 rings (SSSR count). The fourth-order valence-corrected chi connectivity index (χ4v) is 7.60. The maximum Gasteiger partial charge on any atom is 0.143 e. The molecule has 0 aliphatic heterocycles. The van der Waals surface area contributed by atoms with Crippen molar-refractivity contribution in [1.82, 2.24) is 0 Å². The summed E-state index contributed by atoms with van der Waals surface area (Å²) < 4.78 is 6.46. The molecule has 208 valence electrons. The predicted octanol–water partition coefficient (Wildman–Crippen LogP) is 12.6. The SMILES string of the molecule is c1ccc(-c2cccc3c(-c4cc5ccc6ccc(-c7cccc8c7oc7ccccc78)c7ccc(c4)c5c67)cccc23)cc1. The Kier molecular flexibility index (Phi) is 5.06. The second-order valence-corrected chi connectivity index (χ2v) is 12.0. The van der Waals surface area contributed by atoms with Crippen molar-refractivity contribution in [3.05, 3.63) is 158 Å². The van der Waals surface area contributed by atoms with Gasteiger partial charge in [-0.1, -0.05) is 140 Å². The van der Waals surface area contributed by atoms with Crippen LogP contribution in [0.15, 0.2) is 162 Å². The van der Waals surface area contributed by atoms with Gasteiger partial charge in [0.25, 0.3) is 0 Å². The first-order valence-corrected chi connectivity index (χ1v) is 15.5. The molecule has 0 unspecified atom stereocenters. The van der Waals surface area contributed by atoms with Gasteiger partial charge in [0, 0.05) is 16.3 Å². The largest absolute Gasteiger partial charge is 0.455 e. The molecule has 1 heteroatoms. The fraction of sp³-hybridized carbons (Fsp3) is 0. The van der Waals surface area contributed by atoms with E-state index in [1.165, 1.54) is 70.9 Å². The van der Waals surface area contributed by atoms with Crippen molar-refractivity contribution in [2.45, 2.75) is 0 Å². The highest BCUT2D eigenvalue weighted by atomic mass is 16.3. The van der Waals surface area contributed by atoms with Crippen LogP contribution in [0.25, 0.3) is 98.4 Å². The summed E-state index contributed by atoms with van der Waals surface area (Å²) in [4.78, 5) is 0. The molecule has 0 spiro atoms. The topological polar surface area (TPSA) is 13.1 Å². The summed E-state index contributed by atoms with van der Waals surface area (Å²) in [5.41, 5.74) is 9.21. The molecular weight excluding hydrogens is 544 g/mol. The van der Waals surface area contributed by atoms with Gasteiger partial charge in [0.05, 0.1) is 0 Å². The van der Waals surface area contributed by atoms with Gasteiger partial charge in [-0.25, -0.2) is 0 Å². The van der Waals surface area contributed by atoms with Crippen molar-refractivity contribution in [3.63, 3.8) is 0 Å². The summed E-state index contributed by atoms with van der Waals surface area (Å²) in [6.45, 7) is 0. The molecule has 1 nitrogen and oxygen atoms in total. The molecule has 10 aromatic rings. The number of furan rings is 1. The number of hydrogen-bond acceptors (Lipinski definition) is 1. The summed E-state index contributed by atoms with van der Waals surface area (Å²) in [6, 6.07) is 57.3. The fourth-order valence-electron chi connectivity index (χ4n) is 7.60. The third-order valence-electron chi connectivity index (χ3n) is 9.61. The Labute approximate surface area is 259 Å². The van der Waals surface area contributed by atoms with Crippen LogP contribution in [0.5, 0.6) is 0 Å². The van der Waals surface area contributed by atoms with Crippen molar-refractivity contribution >= 4 is 65.0 Å². The van der Waals surface area contributed by atoms with Gasteiger partial charge in [-0.05, 0) is 89.1 Å². The Hall–Kier alpha value is -5.92. The molecule has 0 atom stereocenters. The first-order chi connectivity index (χ1) is 22.3. The molecule has 0 bridgehead atoms. The van der Waals surface area contributed by atoms with Crippen LogP contribution in [0.3, 0.4) is 0 Å². The Morgan fingerprint density at radius 1 is 0.311 bits per heavy atom. The number of benzene rings is 9. The van der Waals surface area contributed by atoms with Crippen LogP contribution in [-0.4, -0.2) is 0 Å². The molecule has 0 aliphatic carbocycles. The van der Waals surface area contributed by atoms with Gasteiger partial charge in [-0.2, -0.15) is 0 Å². The van der Waals surface area contributed by atoms with E-state index in [0.717, 1.165) is 27.5 Å². The molecule has 0 saturated heterocycles. The van der Waals surface area contributed by atoms with Crippen molar-refractivity contribution < 1.29 is 4.42 Å². The second kappa shape index (κ2) is 9.29. The van der Waals surface area contributed by atoms with Gasteiger partial charge in [-0.15, -0.1) is 0 Å². The third kappa shape index (κ3) is 3.56. The monoisotopic (exact) mass is 570 g/mol. The predicted molar refractivity (Wildman–Crippen MR) is 191 cm³/mol. The second-order valence-electron chi connectivity index (χ2n) is 12.0. The van der Waals surface area contributed by atoms with Crippen molar-refractivity contribution in [1.29, 1.82) is 0 Å². The quantitative estimate of drug-likeness (QED) is 0.193. The van der Waals surface area contributed by atoms with Gasteiger partial charge in [0.15, 0.2) is 0 Å². The highest BCUT2D eigenvalue weighted by Crippen LogP contribution is 2.44. The first-order valence-electron chi connectivity index (χ1n) is 15.5. The molecule has 0 N–H and O–H groups in total. The number of hydrogen-bond donors (Lipinski definition) is 0. The van der Waals surface area contributed by atoms with Crippen LogP contribution < -0.4 is 0 Å². The van der Waals surface area contributed by atoms with E-state index in [0.29, 0.717) is 0 Å². The molecule has 1 heterocycles. The lowest BCUT2D eigenvalue weighted by Crippen LogP contribution is -1.90. The van der Waals surface area contributed by atoms with Crippen LogP contribution in [-0.2, 0) is 0 Å². The van der Waals surface area contributed by atoms with Crippen molar-refractivity contribution in [3.8, 4) is 33.4 Å². The number of para-hydroxylation sites is 2. The Morgan fingerprint density at radius 3 is 1.71 bits per heavy atom. The Morgan fingerprint density at radius 2 is 0.911 bits per heavy atom. The highest BCUT2D eigenvalue weighted by molar-refractivity contribution is 6.27. The van der Waals surface area contributed by atoms with Crippen LogP contribution in [0.2, 0.25) is 0 Å². The average molecular weight is 571 g/mol. The van der Waals surface area contributed by atoms with Crippen molar-refractivity contribution in [2.24, 2.45) is 0 Å². The van der Waals surface area contributed by atoms with Gasteiger partial charge >= 0.3 is 0 Å². The van der Waals surface area contributed by atoms with Crippen LogP contribution >= 0.6 is 0 Å². The van der Waals surface area contributed by atoms with E-state index < -0.39 is 0 Å². The van der Waals surface area contributed by atoms with Gasteiger partial charge in [0.2, 0.25) is 0 Å². The first kappa shape index (κ1) is 24.5. The van der Waals surface area contributed by atoms with Gasteiger partial charge < -0.3 is 4.42 Å². The summed E-state index contributed by atoms with van der Waals surface area (Å²) in [5, 5.41) is 12.5. The maximum atomic E-state index is 6.46. The highest BCUT2D eigenvalue weighted by Gasteiger charge is 2.18. The Balaban J connectivity index is 1.20. The van der Waals surface area contributed by atoms with E-state index in [-0.39, 0.29) is 0 Å². The summed E-state index contributed by atoms with van der Waals surface area (Å²) in [7, 11) is 0. The summed E-state index contributed by atoms with van der Waals surface area (Å²) in [6.07, 6.45) is 0. The van der Waals surface area contributed by atoms with E-state index in [1.54, 1.807) is 0 Å². The van der Waals surface area contributed by atoms with Gasteiger partial charge in [0.1, 0.15) is 11.2 Å². The Bertz CT molecular complexity index is 2730. The van der Waals surface area contributed by atoms with E-state index in [9.17, 15) is 0 Å². The molecule has 0 amide bonds. The molecule has 9 aromatic carbocycles. The smallest absolute Gasteiger partial charge is 0.143 e. The normalized spacial score (nSPS) is 12.0. The molecule has 45 heavy (non-hydrogen) atoms. The van der Waals surface area contributed by atoms with Crippen molar-refractivity contribution in [2.75, 3.05) is 0 Å². The minimum absolute atomic E-state index is 0.925. The zero-order valence-electron chi connectivity index (χ0n) is 24.4. The van der Waals surface area contributed by atoms with E-state index >= 15 is 0 Å². The number of fused-ring (bicyclic) bond motifs is 4. The maximum absolute atomic E-state index is 6.46. The van der Waals surface area contributed by atoms with Crippen LogP contribution in [0.1, 0.15) is 0 Å². The molecule has 1 aromatic heterocycles. The van der Waals surface area contributed by atoms with E-state index in [4.69, 9.17) is 4.42 Å².